The number of methoxy groups -OCH3 is 1. The lowest BCUT2D eigenvalue weighted by Gasteiger charge is -2.61. The molecule has 6 nitrogen and oxygen atoms in total. The Morgan fingerprint density at radius 2 is 2.04 bits per heavy atom. The Morgan fingerprint density at radius 1 is 1.43 bits per heavy atom. The molecule has 2 atom stereocenters. The van der Waals surface area contributed by atoms with Gasteiger partial charge >= 0.3 is 5.97 Å². The molecule has 1 fully saturated rings. The van der Waals surface area contributed by atoms with Crippen LogP contribution in [0.1, 0.15) is 48.9 Å². The highest BCUT2D eigenvalue weighted by Gasteiger charge is 2.60. The molecular weight excluding hydrogens is 298 g/mol. The summed E-state index contributed by atoms with van der Waals surface area (Å²) in [5.41, 5.74) is 0.541. The van der Waals surface area contributed by atoms with Crippen LogP contribution < -0.4 is 0 Å². The number of rotatable bonds is 5. The summed E-state index contributed by atoms with van der Waals surface area (Å²) in [6, 6.07) is 0.0203. The van der Waals surface area contributed by atoms with Crippen molar-refractivity contribution in [3.63, 3.8) is 0 Å². The van der Waals surface area contributed by atoms with Crippen molar-refractivity contribution in [2.45, 2.75) is 52.2 Å². The molecule has 1 aliphatic rings. The van der Waals surface area contributed by atoms with Crippen molar-refractivity contribution < 1.29 is 23.8 Å². The first-order valence-electron chi connectivity index (χ1n) is 7.66. The Kier molecular flexibility index (Phi) is 4.32. The maximum absolute atomic E-state index is 12.9. The maximum atomic E-state index is 12.9. The molecule has 128 valence electrons. The van der Waals surface area contributed by atoms with Crippen molar-refractivity contribution >= 4 is 11.9 Å². The fourth-order valence-electron chi connectivity index (χ4n) is 3.45. The van der Waals surface area contributed by atoms with Crippen molar-refractivity contribution in [2.24, 2.45) is 5.41 Å². The first-order valence-corrected chi connectivity index (χ1v) is 7.66. The minimum atomic E-state index is -1.02. The molecule has 1 aromatic rings. The fraction of sp³-hybridized carbons (Fsp3) is 0.647. The molecule has 0 spiro atoms. The highest BCUT2D eigenvalue weighted by atomic mass is 16.5. The van der Waals surface area contributed by atoms with Crippen molar-refractivity contribution in [1.29, 1.82) is 0 Å². The number of aliphatic carboxylic acids is 1. The number of furan rings is 1. The molecule has 0 bridgehead atoms. The van der Waals surface area contributed by atoms with Crippen LogP contribution in [0, 0.1) is 12.3 Å². The van der Waals surface area contributed by atoms with Crippen molar-refractivity contribution in [3.8, 4) is 0 Å². The topological polar surface area (TPSA) is 80.0 Å². The van der Waals surface area contributed by atoms with Gasteiger partial charge in [-0.25, -0.2) is 0 Å². The number of carbonyl (C=O) groups is 2. The van der Waals surface area contributed by atoms with Crippen LogP contribution >= 0.6 is 0 Å². The molecule has 0 saturated heterocycles. The van der Waals surface area contributed by atoms with Gasteiger partial charge in [0.1, 0.15) is 12.2 Å². The van der Waals surface area contributed by atoms with Crippen LogP contribution in [0.5, 0.6) is 0 Å². The summed E-state index contributed by atoms with van der Waals surface area (Å²) < 4.78 is 10.9. The Hall–Kier alpha value is -1.82. The zero-order valence-corrected chi connectivity index (χ0v) is 14.6. The van der Waals surface area contributed by atoms with Gasteiger partial charge in [0.05, 0.1) is 17.4 Å². The number of aryl methyl sites for hydroxylation is 1. The van der Waals surface area contributed by atoms with Crippen LogP contribution in [-0.2, 0) is 16.0 Å². The van der Waals surface area contributed by atoms with Gasteiger partial charge in [-0.1, -0.05) is 13.8 Å². The lowest BCUT2D eigenvalue weighted by Crippen LogP contribution is -2.68. The highest BCUT2D eigenvalue weighted by Crippen LogP contribution is 2.53. The number of hydrogen-bond donors (Lipinski definition) is 1. The van der Waals surface area contributed by atoms with E-state index in [1.165, 1.54) is 6.26 Å². The standard InChI is InChI=1S/C17H25NO5/c1-10-9-23-11(7-13(19)20)14(10)15(21)18(5)12-8-17(4,22-6)16(12,2)3/h9,12H,7-8H2,1-6H3,(H,19,20). The summed E-state index contributed by atoms with van der Waals surface area (Å²) in [5, 5.41) is 8.97. The summed E-state index contributed by atoms with van der Waals surface area (Å²) in [5.74, 6) is -1.02. The van der Waals surface area contributed by atoms with Crippen molar-refractivity contribution in [3.05, 3.63) is 23.2 Å². The van der Waals surface area contributed by atoms with Crippen molar-refractivity contribution in [2.75, 3.05) is 14.2 Å². The number of nitrogens with zero attached hydrogens (tertiary/aromatic N) is 1. The third kappa shape index (κ3) is 2.65. The van der Waals surface area contributed by atoms with Gasteiger partial charge in [-0.2, -0.15) is 0 Å². The van der Waals surface area contributed by atoms with E-state index < -0.39 is 5.97 Å². The quantitative estimate of drug-likeness (QED) is 0.900. The first kappa shape index (κ1) is 17.5. The molecule has 2 unspecified atom stereocenters. The third-order valence-electron chi connectivity index (χ3n) is 5.59. The number of amides is 1. The van der Waals surface area contributed by atoms with E-state index in [0.717, 1.165) is 6.42 Å². The largest absolute Gasteiger partial charge is 0.481 e. The third-order valence-corrected chi connectivity index (χ3v) is 5.59. The Bertz CT molecular complexity index is 633. The minimum Gasteiger partial charge on any atom is -0.481 e. The fourth-order valence-corrected chi connectivity index (χ4v) is 3.45. The van der Waals surface area contributed by atoms with Gasteiger partial charge in [0.25, 0.3) is 5.91 Å². The Labute approximate surface area is 136 Å². The first-order chi connectivity index (χ1) is 10.5. The molecule has 2 rings (SSSR count). The summed E-state index contributed by atoms with van der Waals surface area (Å²) in [6.45, 7) is 7.95. The van der Waals surface area contributed by atoms with Gasteiger partial charge in [0.15, 0.2) is 0 Å². The maximum Gasteiger partial charge on any atom is 0.311 e. The molecule has 1 saturated carbocycles. The van der Waals surface area contributed by atoms with E-state index in [2.05, 4.69) is 13.8 Å². The van der Waals surface area contributed by atoms with Crippen LogP contribution in [0.4, 0.5) is 0 Å². The molecular formula is C17H25NO5. The molecule has 1 aromatic heterocycles. The number of carbonyl (C=O) groups excluding carboxylic acids is 1. The molecule has 6 heteroatoms. The Morgan fingerprint density at radius 3 is 2.52 bits per heavy atom. The second kappa shape index (κ2) is 5.67. The van der Waals surface area contributed by atoms with E-state index in [9.17, 15) is 9.59 Å². The average molecular weight is 323 g/mol. The lowest BCUT2D eigenvalue weighted by atomic mass is 9.55. The molecule has 1 N–H and O–H groups in total. The predicted molar refractivity (Wildman–Crippen MR) is 84.5 cm³/mol. The lowest BCUT2D eigenvalue weighted by molar-refractivity contribution is -0.198. The van der Waals surface area contributed by atoms with Crippen LogP contribution in [0.3, 0.4) is 0 Å². The summed E-state index contributed by atoms with van der Waals surface area (Å²) in [7, 11) is 3.44. The second-order valence-corrected chi connectivity index (χ2v) is 7.08. The minimum absolute atomic E-state index is 0.0203. The summed E-state index contributed by atoms with van der Waals surface area (Å²) in [6.07, 6.45) is 1.88. The van der Waals surface area contributed by atoms with E-state index in [0.29, 0.717) is 11.1 Å². The molecule has 0 radical (unpaired) electrons. The zero-order chi connectivity index (χ0) is 17.6. The van der Waals surface area contributed by atoms with Crippen LogP contribution in [0.25, 0.3) is 0 Å². The molecule has 0 aliphatic heterocycles. The monoisotopic (exact) mass is 323 g/mol. The van der Waals surface area contributed by atoms with E-state index in [4.69, 9.17) is 14.3 Å². The van der Waals surface area contributed by atoms with Gasteiger partial charge in [-0.05, 0) is 20.3 Å². The van der Waals surface area contributed by atoms with Crippen LogP contribution in [0.2, 0.25) is 0 Å². The van der Waals surface area contributed by atoms with Crippen molar-refractivity contribution in [1.82, 2.24) is 4.90 Å². The van der Waals surface area contributed by atoms with Gasteiger partial charge in [0, 0.05) is 31.2 Å². The smallest absolute Gasteiger partial charge is 0.311 e. The summed E-state index contributed by atoms with van der Waals surface area (Å²) >= 11 is 0. The number of carboxylic acid groups (broad SMARTS) is 1. The Balaban J connectivity index is 2.25. The second-order valence-electron chi connectivity index (χ2n) is 7.08. The van der Waals surface area contributed by atoms with E-state index >= 15 is 0 Å². The summed E-state index contributed by atoms with van der Waals surface area (Å²) in [4.78, 5) is 25.5. The predicted octanol–water partition coefficient (Wildman–Crippen LogP) is 2.49. The number of ether oxygens (including phenoxy) is 1. The number of hydrogen-bond acceptors (Lipinski definition) is 4. The number of carboxylic acids is 1. The van der Waals surface area contributed by atoms with Gasteiger partial charge in [-0.15, -0.1) is 0 Å². The van der Waals surface area contributed by atoms with Crippen LogP contribution in [0.15, 0.2) is 10.7 Å². The van der Waals surface area contributed by atoms with Gasteiger partial charge in [-0.3, -0.25) is 9.59 Å². The van der Waals surface area contributed by atoms with E-state index in [-0.39, 0.29) is 35.1 Å². The molecule has 1 heterocycles. The highest BCUT2D eigenvalue weighted by molar-refractivity contribution is 5.97. The molecule has 0 aromatic carbocycles. The average Bonchev–Trinajstić information content (AvgIpc) is 2.82. The van der Waals surface area contributed by atoms with Gasteiger partial charge in [0.2, 0.25) is 0 Å². The molecule has 23 heavy (non-hydrogen) atoms. The molecule has 1 aliphatic carbocycles. The van der Waals surface area contributed by atoms with Crippen LogP contribution in [-0.4, -0.2) is 47.7 Å². The SMILES string of the molecule is COC1(C)CC(N(C)C(=O)c2c(C)coc2CC(=O)O)C1(C)C. The normalized spacial score (nSPS) is 25.7. The zero-order valence-electron chi connectivity index (χ0n) is 14.6. The van der Waals surface area contributed by atoms with E-state index in [1.54, 1.807) is 26.0 Å². The van der Waals surface area contributed by atoms with Gasteiger partial charge < -0.3 is 19.2 Å². The molecule has 1 amide bonds. The van der Waals surface area contributed by atoms with E-state index in [1.807, 2.05) is 6.92 Å².